The van der Waals surface area contributed by atoms with Crippen LogP contribution in [0.3, 0.4) is 0 Å². The molecule has 0 radical (unpaired) electrons. The molecule has 1 fully saturated rings. The zero-order chi connectivity index (χ0) is 19.8. The average Bonchev–Trinajstić information content (AvgIpc) is 2.87. The number of carbonyl (C=O) groups excluding carboxylic acids is 3. The van der Waals surface area contributed by atoms with Crippen LogP contribution in [0.15, 0.2) is 42.5 Å². The summed E-state index contributed by atoms with van der Waals surface area (Å²) in [6.07, 6.45) is 0. The van der Waals surface area contributed by atoms with Crippen LogP contribution in [0, 0.1) is 11.3 Å². The lowest BCUT2D eigenvalue weighted by Crippen LogP contribution is -2.41. The molecule has 6 nitrogen and oxygen atoms in total. The van der Waals surface area contributed by atoms with Gasteiger partial charge in [-0.25, -0.2) is 4.79 Å². The minimum Gasteiger partial charge on any atom is -0.319 e. The summed E-state index contributed by atoms with van der Waals surface area (Å²) >= 11 is 11.9. The molecule has 0 unspecified atom stereocenters. The number of hydrogen-bond donors (Lipinski definition) is 1. The number of hydrogen-bond acceptors (Lipinski definition) is 4. The molecule has 1 N–H and O–H groups in total. The van der Waals surface area contributed by atoms with Crippen LogP contribution in [0.1, 0.15) is 28.4 Å². The van der Waals surface area contributed by atoms with Gasteiger partial charge in [0.05, 0.1) is 23.2 Å². The third-order valence-corrected chi connectivity index (χ3v) is 4.96. The van der Waals surface area contributed by atoms with Crippen LogP contribution in [0.5, 0.6) is 0 Å². The molecule has 1 atom stereocenters. The Morgan fingerprint density at radius 2 is 1.85 bits per heavy atom. The fourth-order valence-corrected chi connectivity index (χ4v) is 3.25. The molecule has 1 aliphatic heterocycles. The quantitative estimate of drug-likeness (QED) is 0.626. The number of ketones is 1. The highest BCUT2D eigenvalue weighted by molar-refractivity contribution is 6.36. The van der Waals surface area contributed by atoms with Gasteiger partial charge in [-0.3, -0.25) is 14.5 Å². The SMILES string of the molecule is C[C@]1(c2ccc(C#N)cc2)NC(=O)N(CC(=O)c2cc(Cl)ccc2Cl)C1=O. The van der Waals surface area contributed by atoms with E-state index in [1.165, 1.54) is 18.2 Å². The third-order valence-electron chi connectivity index (χ3n) is 4.40. The largest absolute Gasteiger partial charge is 0.325 e. The Kier molecular flexibility index (Phi) is 4.92. The van der Waals surface area contributed by atoms with E-state index in [1.54, 1.807) is 31.2 Å². The predicted molar refractivity (Wildman–Crippen MR) is 99.5 cm³/mol. The van der Waals surface area contributed by atoms with E-state index in [0.29, 0.717) is 16.1 Å². The van der Waals surface area contributed by atoms with Crippen LogP contribution >= 0.6 is 23.2 Å². The zero-order valence-electron chi connectivity index (χ0n) is 14.1. The molecule has 27 heavy (non-hydrogen) atoms. The second-order valence-corrected chi connectivity index (χ2v) is 7.03. The topological polar surface area (TPSA) is 90.3 Å². The van der Waals surface area contributed by atoms with Gasteiger partial charge in [-0.1, -0.05) is 35.3 Å². The Bertz CT molecular complexity index is 998. The van der Waals surface area contributed by atoms with Gasteiger partial charge in [-0.2, -0.15) is 5.26 Å². The van der Waals surface area contributed by atoms with Crippen LogP contribution < -0.4 is 5.32 Å². The van der Waals surface area contributed by atoms with Crippen LogP contribution in [-0.4, -0.2) is 29.2 Å². The Morgan fingerprint density at radius 1 is 1.19 bits per heavy atom. The third kappa shape index (κ3) is 3.39. The van der Waals surface area contributed by atoms with E-state index < -0.39 is 29.8 Å². The van der Waals surface area contributed by atoms with Gasteiger partial charge in [0.1, 0.15) is 5.54 Å². The van der Waals surface area contributed by atoms with E-state index in [1.807, 2.05) is 6.07 Å². The Hall–Kier alpha value is -2.88. The van der Waals surface area contributed by atoms with Crippen molar-refractivity contribution in [2.75, 3.05) is 6.54 Å². The summed E-state index contributed by atoms with van der Waals surface area (Å²) in [5.74, 6) is -1.07. The number of urea groups is 1. The van der Waals surface area contributed by atoms with Gasteiger partial charge >= 0.3 is 6.03 Å². The maximum absolute atomic E-state index is 12.9. The van der Waals surface area contributed by atoms with Crippen LogP contribution in [0.2, 0.25) is 10.0 Å². The number of rotatable bonds is 4. The Labute approximate surface area is 165 Å². The van der Waals surface area contributed by atoms with Crippen molar-refractivity contribution in [3.8, 4) is 6.07 Å². The normalized spacial score (nSPS) is 19.0. The smallest absolute Gasteiger partial charge is 0.319 e. The summed E-state index contributed by atoms with van der Waals surface area (Å²) in [4.78, 5) is 38.6. The van der Waals surface area contributed by atoms with Gasteiger partial charge in [-0.15, -0.1) is 0 Å². The van der Waals surface area contributed by atoms with Crippen molar-refractivity contribution in [2.24, 2.45) is 0 Å². The number of amides is 3. The second-order valence-electron chi connectivity index (χ2n) is 6.18. The number of halogens is 2. The Morgan fingerprint density at radius 3 is 2.48 bits per heavy atom. The van der Waals surface area contributed by atoms with Gasteiger partial charge in [0.2, 0.25) is 0 Å². The lowest BCUT2D eigenvalue weighted by atomic mass is 9.91. The van der Waals surface area contributed by atoms with E-state index in [2.05, 4.69) is 5.32 Å². The molecule has 2 aromatic carbocycles. The van der Waals surface area contributed by atoms with Crippen molar-refractivity contribution in [3.63, 3.8) is 0 Å². The predicted octanol–water partition coefficient (Wildman–Crippen LogP) is 3.51. The first-order chi connectivity index (χ1) is 12.8. The summed E-state index contributed by atoms with van der Waals surface area (Å²) < 4.78 is 0. The summed E-state index contributed by atoms with van der Waals surface area (Å²) in [5, 5.41) is 12.0. The summed E-state index contributed by atoms with van der Waals surface area (Å²) in [6.45, 7) is 1.09. The summed E-state index contributed by atoms with van der Waals surface area (Å²) in [5.41, 5.74) is -0.252. The highest BCUT2D eigenvalue weighted by Crippen LogP contribution is 2.30. The summed E-state index contributed by atoms with van der Waals surface area (Å²) in [6, 6.07) is 12.0. The van der Waals surface area contributed by atoms with Crippen LogP contribution in [-0.2, 0) is 10.3 Å². The van der Waals surface area contributed by atoms with Gasteiger partial charge in [-0.05, 0) is 42.8 Å². The zero-order valence-corrected chi connectivity index (χ0v) is 15.6. The molecule has 1 heterocycles. The van der Waals surface area contributed by atoms with Gasteiger partial charge < -0.3 is 5.32 Å². The van der Waals surface area contributed by atoms with Crippen molar-refractivity contribution < 1.29 is 14.4 Å². The molecule has 3 amide bonds. The van der Waals surface area contributed by atoms with Crippen molar-refractivity contribution in [2.45, 2.75) is 12.5 Å². The molecule has 1 aliphatic rings. The summed E-state index contributed by atoms with van der Waals surface area (Å²) in [7, 11) is 0. The number of imide groups is 1. The highest BCUT2D eigenvalue weighted by Gasteiger charge is 2.49. The fourth-order valence-electron chi connectivity index (χ4n) is 2.85. The lowest BCUT2D eigenvalue weighted by Gasteiger charge is -2.22. The first-order valence-electron chi connectivity index (χ1n) is 7.89. The van der Waals surface area contributed by atoms with Crippen LogP contribution in [0.25, 0.3) is 0 Å². The maximum atomic E-state index is 12.9. The molecule has 0 bridgehead atoms. The minimum absolute atomic E-state index is 0.136. The monoisotopic (exact) mass is 401 g/mol. The molecule has 8 heteroatoms. The van der Waals surface area contributed by atoms with Crippen LogP contribution in [0.4, 0.5) is 4.79 Å². The molecule has 2 aromatic rings. The second kappa shape index (κ2) is 7.03. The minimum atomic E-state index is -1.33. The number of carbonyl (C=O) groups is 3. The van der Waals surface area contributed by atoms with Crippen molar-refractivity contribution in [1.82, 2.24) is 10.2 Å². The van der Waals surface area contributed by atoms with Crippen molar-refractivity contribution in [1.29, 1.82) is 5.26 Å². The van der Waals surface area contributed by atoms with E-state index in [0.717, 1.165) is 4.90 Å². The molecule has 3 rings (SSSR count). The molecular weight excluding hydrogens is 389 g/mol. The molecule has 0 saturated carbocycles. The first-order valence-corrected chi connectivity index (χ1v) is 8.65. The van der Waals surface area contributed by atoms with Gasteiger partial charge in [0.15, 0.2) is 5.78 Å². The molecule has 136 valence electrons. The molecule has 0 spiro atoms. The van der Waals surface area contributed by atoms with Gasteiger partial charge in [0, 0.05) is 10.6 Å². The van der Waals surface area contributed by atoms with E-state index >= 15 is 0 Å². The lowest BCUT2D eigenvalue weighted by molar-refractivity contribution is -0.130. The molecule has 0 aromatic heterocycles. The first kappa shape index (κ1) is 18.9. The standard InChI is InChI=1S/C19H13Cl2N3O3/c1-19(12-4-2-11(9-22)3-5-12)17(26)24(18(27)23-19)10-16(25)14-8-13(20)6-7-15(14)21/h2-8H,10H2,1H3,(H,23,27)/t19-/m1/s1. The van der Waals surface area contributed by atoms with Crippen molar-refractivity contribution >= 4 is 40.9 Å². The molecule has 1 saturated heterocycles. The highest BCUT2D eigenvalue weighted by atomic mass is 35.5. The number of nitrogens with one attached hydrogen (secondary N) is 1. The van der Waals surface area contributed by atoms with E-state index in [-0.39, 0.29) is 10.6 Å². The van der Waals surface area contributed by atoms with E-state index in [4.69, 9.17) is 28.5 Å². The maximum Gasteiger partial charge on any atom is 0.325 e. The Balaban J connectivity index is 1.86. The van der Waals surface area contributed by atoms with E-state index in [9.17, 15) is 14.4 Å². The number of Topliss-reactive ketones (excluding diaryl/α,β-unsaturated/α-hetero) is 1. The number of nitriles is 1. The molecular formula is C19H13Cl2N3O3. The fraction of sp³-hybridized carbons (Fsp3) is 0.158. The number of nitrogens with zero attached hydrogens (tertiary/aromatic N) is 2. The van der Waals surface area contributed by atoms with Gasteiger partial charge in [0.25, 0.3) is 5.91 Å². The molecule has 0 aliphatic carbocycles. The van der Waals surface area contributed by atoms with Crippen molar-refractivity contribution in [3.05, 3.63) is 69.2 Å². The average molecular weight is 402 g/mol. The number of benzene rings is 2.